The predicted molar refractivity (Wildman–Crippen MR) is 67.0 cm³/mol. The smallest absolute Gasteiger partial charge is 0.269 e. The molecule has 2 aromatic rings. The molecule has 1 heterocycles. The lowest BCUT2D eigenvalue weighted by molar-refractivity contribution is -0.384. The van der Waals surface area contributed by atoms with Gasteiger partial charge in [0.1, 0.15) is 0 Å². The lowest BCUT2D eigenvalue weighted by atomic mass is 10.2. The fourth-order valence-corrected chi connectivity index (χ4v) is 1.60. The SMILES string of the molecule is O=[N+]([O-])c1ccc(CNCCn2ccnc2)cc1. The molecule has 18 heavy (non-hydrogen) atoms. The number of hydrogen-bond donors (Lipinski definition) is 1. The van der Waals surface area contributed by atoms with E-state index in [-0.39, 0.29) is 5.69 Å². The van der Waals surface area contributed by atoms with Gasteiger partial charge >= 0.3 is 0 Å². The molecule has 0 saturated heterocycles. The first-order valence-corrected chi connectivity index (χ1v) is 5.65. The minimum absolute atomic E-state index is 0.122. The van der Waals surface area contributed by atoms with E-state index in [2.05, 4.69) is 10.3 Å². The fourth-order valence-electron chi connectivity index (χ4n) is 1.60. The Morgan fingerprint density at radius 3 is 2.72 bits per heavy atom. The summed E-state index contributed by atoms with van der Waals surface area (Å²) in [4.78, 5) is 14.0. The molecule has 0 aliphatic carbocycles. The highest BCUT2D eigenvalue weighted by Crippen LogP contribution is 2.11. The van der Waals surface area contributed by atoms with Crippen molar-refractivity contribution in [3.05, 3.63) is 58.7 Å². The van der Waals surface area contributed by atoms with Crippen molar-refractivity contribution in [2.75, 3.05) is 6.54 Å². The number of nitrogens with one attached hydrogen (secondary N) is 1. The fraction of sp³-hybridized carbons (Fsp3) is 0.250. The third-order valence-electron chi connectivity index (χ3n) is 2.58. The molecule has 0 aliphatic rings. The summed E-state index contributed by atoms with van der Waals surface area (Å²) in [5, 5.41) is 13.8. The Morgan fingerprint density at radius 1 is 1.33 bits per heavy atom. The van der Waals surface area contributed by atoms with Crippen molar-refractivity contribution in [1.29, 1.82) is 0 Å². The van der Waals surface area contributed by atoms with Crippen LogP contribution in [0.25, 0.3) is 0 Å². The highest BCUT2D eigenvalue weighted by atomic mass is 16.6. The standard InChI is InChI=1S/C12H14N4O2/c17-16(18)12-3-1-11(2-4-12)9-13-5-7-15-8-6-14-10-15/h1-4,6,8,10,13H,5,7,9H2. The average Bonchev–Trinajstić information content (AvgIpc) is 2.88. The number of aromatic nitrogens is 2. The molecule has 0 unspecified atom stereocenters. The predicted octanol–water partition coefficient (Wildman–Crippen LogP) is 1.58. The molecule has 1 aromatic carbocycles. The summed E-state index contributed by atoms with van der Waals surface area (Å²) in [6.45, 7) is 2.38. The van der Waals surface area contributed by atoms with E-state index in [1.807, 2.05) is 10.8 Å². The summed E-state index contributed by atoms with van der Waals surface area (Å²) < 4.78 is 1.99. The van der Waals surface area contributed by atoms with Crippen LogP contribution in [0.2, 0.25) is 0 Å². The maximum absolute atomic E-state index is 10.5. The number of imidazole rings is 1. The van der Waals surface area contributed by atoms with Gasteiger partial charge in [-0.05, 0) is 5.56 Å². The third kappa shape index (κ3) is 3.39. The van der Waals surface area contributed by atoms with Crippen LogP contribution in [0.1, 0.15) is 5.56 Å². The molecular weight excluding hydrogens is 232 g/mol. The van der Waals surface area contributed by atoms with Gasteiger partial charge in [0, 0.05) is 44.2 Å². The second-order valence-corrected chi connectivity index (χ2v) is 3.90. The van der Waals surface area contributed by atoms with E-state index in [4.69, 9.17) is 0 Å². The van der Waals surface area contributed by atoms with E-state index in [0.29, 0.717) is 6.54 Å². The molecule has 0 atom stereocenters. The normalized spacial score (nSPS) is 10.4. The van der Waals surface area contributed by atoms with Crippen molar-refractivity contribution >= 4 is 5.69 Å². The zero-order chi connectivity index (χ0) is 12.8. The van der Waals surface area contributed by atoms with Gasteiger partial charge in [0.25, 0.3) is 5.69 Å². The van der Waals surface area contributed by atoms with Crippen LogP contribution in [0.3, 0.4) is 0 Å². The zero-order valence-electron chi connectivity index (χ0n) is 9.82. The molecule has 0 radical (unpaired) electrons. The summed E-state index contributed by atoms with van der Waals surface area (Å²) >= 11 is 0. The Balaban J connectivity index is 1.75. The van der Waals surface area contributed by atoms with E-state index >= 15 is 0 Å². The topological polar surface area (TPSA) is 73.0 Å². The first-order chi connectivity index (χ1) is 8.75. The summed E-state index contributed by atoms with van der Waals surface area (Å²) in [6.07, 6.45) is 5.43. The Kier molecular flexibility index (Phi) is 4.03. The minimum atomic E-state index is -0.393. The number of rotatable bonds is 6. The van der Waals surface area contributed by atoms with E-state index in [9.17, 15) is 10.1 Å². The van der Waals surface area contributed by atoms with Gasteiger partial charge in [-0.2, -0.15) is 0 Å². The Labute approximate surface area is 104 Å². The van der Waals surface area contributed by atoms with Gasteiger partial charge in [0.15, 0.2) is 0 Å². The number of nitrogens with zero attached hydrogens (tertiary/aromatic N) is 3. The van der Waals surface area contributed by atoms with Gasteiger partial charge in [-0.3, -0.25) is 10.1 Å². The number of nitro benzene ring substituents is 1. The van der Waals surface area contributed by atoms with Crippen LogP contribution >= 0.6 is 0 Å². The van der Waals surface area contributed by atoms with Crippen molar-refractivity contribution < 1.29 is 4.92 Å². The molecule has 0 aliphatic heterocycles. The average molecular weight is 246 g/mol. The quantitative estimate of drug-likeness (QED) is 0.477. The first-order valence-electron chi connectivity index (χ1n) is 5.65. The minimum Gasteiger partial charge on any atom is -0.336 e. The maximum Gasteiger partial charge on any atom is 0.269 e. The number of hydrogen-bond acceptors (Lipinski definition) is 4. The van der Waals surface area contributed by atoms with Gasteiger partial charge in [-0.25, -0.2) is 4.98 Å². The lowest BCUT2D eigenvalue weighted by Gasteiger charge is -2.05. The van der Waals surface area contributed by atoms with Gasteiger partial charge in [-0.1, -0.05) is 12.1 Å². The highest BCUT2D eigenvalue weighted by Gasteiger charge is 2.03. The molecule has 6 nitrogen and oxygen atoms in total. The van der Waals surface area contributed by atoms with Crippen LogP contribution in [0.5, 0.6) is 0 Å². The highest BCUT2D eigenvalue weighted by molar-refractivity contribution is 5.32. The van der Waals surface area contributed by atoms with Crippen molar-refractivity contribution in [1.82, 2.24) is 14.9 Å². The van der Waals surface area contributed by atoms with Crippen LogP contribution in [0.15, 0.2) is 43.0 Å². The van der Waals surface area contributed by atoms with Crippen molar-refractivity contribution in [3.63, 3.8) is 0 Å². The van der Waals surface area contributed by atoms with E-state index in [1.165, 1.54) is 12.1 Å². The van der Waals surface area contributed by atoms with E-state index < -0.39 is 4.92 Å². The third-order valence-corrected chi connectivity index (χ3v) is 2.58. The molecule has 0 spiro atoms. The monoisotopic (exact) mass is 246 g/mol. The molecule has 1 N–H and O–H groups in total. The summed E-state index contributed by atoms with van der Waals surface area (Å²) in [5.41, 5.74) is 1.16. The Morgan fingerprint density at radius 2 is 2.11 bits per heavy atom. The molecular formula is C12H14N4O2. The zero-order valence-corrected chi connectivity index (χ0v) is 9.82. The largest absolute Gasteiger partial charge is 0.336 e. The summed E-state index contributed by atoms with van der Waals surface area (Å²) in [6, 6.07) is 6.57. The van der Waals surface area contributed by atoms with E-state index in [1.54, 1.807) is 24.7 Å². The van der Waals surface area contributed by atoms with Crippen molar-refractivity contribution in [2.24, 2.45) is 0 Å². The first kappa shape index (κ1) is 12.3. The molecule has 0 amide bonds. The van der Waals surface area contributed by atoms with Crippen LogP contribution in [-0.2, 0) is 13.1 Å². The van der Waals surface area contributed by atoms with Crippen LogP contribution in [-0.4, -0.2) is 21.0 Å². The molecule has 94 valence electrons. The molecule has 0 fully saturated rings. The number of nitro groups is 1. The van der Waals surface area contributed by atoms with Crippen LogP contribution in [0.4, 0.5) is 5.69 Å². The number of non-ortho nitro benzene ring substituents is 1. The molecule has 1 aromatic heterocycles. The van der Waals surface area contributed by atoms with E-state index in [0.717, 1.165) is 18.7 Å². The second kappa shape index (κ2) is 5.92. The van der Waals surface area contributed by atoms with Crippen LogP contribution in [0, 0.1) is 10.1 Å². The lowest BCUT2D eigenvalue weighted by Crippen LogP contribution is -2.18. The Bertz CT molecular complexity index is 493. The maximum atomic E-state index is 10.5. The van der Waals surface area contributed by atoms with Crippen molar-refractivity contribution in [2.45, 2.75) is 13.1 Å². The van der Waals surface area contributed by atoms with Gasteiger partial charge < -0.3 is 9.88 Å². The summed E-state index contributed by atoms with van der Waals surface area (Å²) in [7, 11) is 0. The Hall–Kier alpha value is -2.21. The molecule has 0 saturated carbocycles. The second-order valence-electron chi connectivity index (χ2n) is 3.90. The van der Waals surface area contributed by atoms with Crippen molar-refractivity contribution in [3.8, 4) is 0 Å². The molecule has 0 bridgehead atoms. The number of benzene rings is 1. The molecule has 6 heteroatoms. The molecule has 2 rings (SSSR count). The van der Waals surface area contributed by atoms with Gasteiger partial charge in [-0.15, -0.1) is 0 Å². The van der Waals surface area contributed by atoms with Crippen LogP contribution < -0.4 is 5.32 Å². The van der Waals surface area contributed by atoms with Gasteiger partial charge in [0.05, 0.1) is 11.3 Å². The summed E-state index contributed by atoms with van der Waals surface area (Å²) in [5.74, 6) is 0. The van der Waals surface area contributed by atoms with Gasteiger partial charge in [0.2, 0.25) is 0 Å².